The van der Waals surface area contributed by atoms with Crippen LogP contribution in [0.3, 0.4) is 0 Å². The number of halogens is 5. The number of hydrogen-bond donors (Lipinski definition) is 0. The van der Waals surface area contributed by atoms with E-state index in [1.165, 1.54) is 17.0 Å². The molecule has 1 atom stereocenters. The lowest BCUT2D eigenvalue weighted by atomic mass is 10.1. The lowest BCUT2D eigenvalue weighted by Gasteiger charge is -2.22. The van der Waals surface area contributed by atoms with E-state index in [-0.39, 0.29) is 12.5 Å². The van der Waals surface area contributed by atoms with E-state index in [0.29, 0.717) is 12.0 Å². The molecule has 1 unspecified atom stereocenters. The van der Waals surface area contributed by atoms with Crippen molar-refractivity contribution >= 4 is 29.1 Å². The van der Waals surface area contributed by atoms with Gasteiger partial charge in [0.15, 0.2) is 0 Å². The fourth-order valence-corrected chi connectivity index (χ4v) is 2.89. The van der Waals surface area contributed by atoms with Crippen LogP contribution in [0, 0.1) is 5.41 Å². The lowest BCUT2D eigenvalue weighted by Crippen LogP contribution is -2.34. The van der Waals surface area contributed by atoms with Crippen molar-refractivity contribution in [3.05, 3.63) is 35.4 Å². The fraction of sp³-hybridized carbons (Fsp3) is 0.500. The molecule has 1 aliphatic carbocycles. The van der Waals surface area contributed by atoms with Gasteiger partial charge in [-0.25, -0.2) is 0 Å². The molecule has 0 aromatic heterocycles. The minimum Gasteiger partial charge on any atom is -0.341 e. The molecular formula is C14H14Cl2F3NO. The summed E-state index contributed by atoms with van der Waals surface area (Å²) in [7, 11) is 1.58. The average Bonchev–Trinajstić information content (AvgIpc) is 2.88. The first-order chi connectivity index (χ1) is 9.47. The highest BCUT2D eigenvalue weighted by molar-refractivity contribution is 6.53. The molecule has 1 aromatic rings. The SMILES string of the molecule is CN(Cc1ccc(C(F)(F)F)cc1)C(=O)C1(C)CC1(Cl)Cl. The number of carbonyl (C=O) groups excluding carboxylic acids is 1. The first kappa shape index (κ1) is 16.4. The van der Waals surface area contributed by atoms with E-state index in [1.54, 1.807) is 14.0 Å². The van der Waals surface area contributed by atoms with Crippen molar-refractivity contribution in [2.24, 2.45) is 5.41 Å². The Morgan fingerprint density at radius 1 is 1.29 bits per heavy atom. The number of carbonyl (C=O) groups is 1. The van der Waals surface area contributed by atoms with Gasteiger partial charge in [-0.15, -0.1) is 23.2 Å². The summed E-state index contributed by atoms with van der Waals surface area (Å²) in [6.07, 6.45) is -3.99. The van der Waals surface area contributed by atoms with E-state index in [9.17, 15) is 18.0 Å². The summed E-state index contributed by atoms with van der Waals surface area (Å²) >= 11 is 11.9. The minimum absolute atomic E-state index is 0.205. The number of amides is 1. The van der Waals surface area contributed by atoms with Crippen LogP contribution in [0.5, 0.6) is 0 Å². The number of nitrogens with zero attached hydrogens (tertiary/aromatic N) is 1. The first-order valence-corrected chi connectivity index (χ1v) is 7.02. The number of hydrogen-bond acceptors (Lipinski definition) is 1. The maximum Gasteiger partial charge on any atom is 0.416 e. The first-order valence-electron chi connectivity index (χ1n) is 6.27. The van der Waals surface area contributed by atoms with Gasteiger partial charge in [0.25, 0.3) is 0 Å². The predicted octanol–water partition coefficient (Wildman–Crippen LogP) is 4.25. The summed E-state index contributed by atoms with van der Waals surface area (Å²) in [5.41, 5.74) is -0.927. The Hall–Kier alpha value is -0.940. The van der Waals surface area contributed by atoms with Gasteiger partial charge in [-0.3, -0.25) is 4.79 Å². The Kier molecular flexibility index (Phi) is 3.96. The zero-order valence-electron chi connectivity index (χ0n) is 11.5. The third-order valence-electron chi connectivity index (χ3n) is 3.78. The van der Waals surface area contributed by atoms with Gasteiger partial charge in [0.05, 0.1) is 11.0 Å². The van der Waals surface area contributed by atoms with Crippen molar-refractivity contribution < 1.29 is 18.0 Å². The quantitative estimate of drug-likeness (QED) is 0.754. The summed E-state index contributed by atoms with van der Waals surface area (Å²) in [4.78, 5) is 13.7. The van der Waals surface area contributed by atoms with Crippen LogP contribution in [0.4, 0.5) is 13.2 Å². The Balaban J connectivity index is 2.04. The van der Waals surface area contributed by atoms with Crippen molar-refractivity contribution in [2.45, 2.75) is 30.4 Å². The molecule has 2 nitrogen and oxygen atoms in total. The summed E-state index contributed by atoms with van der Waals surface area (Å²) < 4.78 is 36.3. The molecule has 7 heteroatoms. The molecule has 0 radical (unpaired) electrons. The van der Waals surface area contributed by atoms with Crippen LogP contribution < -0.4 is 0 Å². The van der Waals surface area contributed by atoms with E-state index in [1.807, 2.05) is 0 Å². The van der Waals surface area contributed by atoms with Crippen LogP contribution in [0.15, 0.2) is 24.3 Å². The molecule has 0 heterocycles. The van der Waals surface area contributed by atoms with Crippen molar-refractivity contribution in [1.29, 1.82) is 0 Å². The third kappa shape index (κ3) is 3.14. The Labute approximate surface area is 130 Å². The van der Waals surface area contributed by atoms with E-state index in [4.69, 9.17) is 23.2 Å². The van der Waals surface area contributed by atoms with Gasteiger partial charge in [-0.1, -0.05) is 12.1 Å². The van der Waals surface area contributed by atoms with Crippen LogP contribution in [-0.2, 0) is 17.5 Å². The molecule has 1 aliphatic rings. The molecule has 21 heavy (non-hydrogen) atoms. The second kappa shape index (κ2) is 5.06. The molecule has 2 rings (SSSR count). The topological polar surface area (TPSA) is 20.3 Å². The normalized spacial score (nSPS) is 23.8. The zero-order chi connectivity index (χ0) is 16.1. The molecule has 0 saturated heterocycles. The molecule has 1 saturated carbocycles. The molecule has 1 fully saturated rings. The predicted molar refractivity (Wildman–Crippen MR) is 75.1 cm³/mol. The second-order valence-corrected chi connectivity index (χ2v) is 7.05. The maximum absolute atomic E-state index is 12.5. The number of alkyl halides is 5. The van der Waals surface area contributed by atoms with Gasteiger partial charge < -0.3 is 4.90 Å². The highest BCUT2D eigenvalue weighted by atomic mass is 35.5. The van der Waals surface area contributed by atoms with Gasteiger partial charge >= 0.3 is 6.18 Å². The Morgan fingerprint density at radius 2 is 1.76 bits per heavy atom. The zero-order valence-corrected chi connectivity index (χ0v) is 13.0. The molecule has 1 aromatic carbocycles. The van der Waals surface area contributed by atoms with Crippen LogP contribution in [0.25, 0.3) is 0 Å². The molecule has 0 aliphatic heterocycles. The van der Waals surface area contributed by atoms with Crippen molar-refractivity contribution in [1.82, 2.24) is 4.90 Å². The number of benzene rings is 1. The minimum atomic E-state index is -4.36. The van der Waals surface area contributed by atoms with Crippen molar-refractivity contribution in [3.63, 3.8) is 0 Å². The third-order valence-corrected chi connectivity index (χ3v) is 4.88. The monoisotopic (exact) mass is 339 g/mol. The largest absolute Gasteiger partial charge is 0.416 e. The second-order valence-electron chi connectivity index (χ2n) is 5.57. The highest BCUT2D eigenvalue weighted by Crippen LogP contribution is 2.64. The summed E-state index contributed by atoms with van der Waals surface area (Å²) in [6, 6.07) is 4.72. The fourth-order valence-electron chi connectivity index (χ4n) is 2.20. The molecule has 1 amide bonds. The average molecular weight is 340 g/mol. The standard InChI is InChI=1S/C14H14Cl2F3NO/c1-12(8-13(12,15)16)11(21)20(2)7-9-3-5-10(6-4-9)14(17,18)19/h3-6H,7-8H2,1-2H3. The summed E-state index contributed by atoms with van der Waals surface area (Å²) in [5.74, 6) is -0.215. The van der Waals surface area contributed by atoms with E-state index < -0.39 is 21.5 Å². The Bertz CT molecular complexity index is 556. The summed E-state index contributed by atoms with van der Waals surface area (Å²) in [6.45, 7) is 1.88. The van der Waals surface area contributed by atoms with Crippen LogP contribution >= 0.6 is 23.2 Å². The Morgan fingerprint density at radius 3 is 2.14 bits per heavy atom. The molecular weight excluding hydrogens is 326 g/mol. The van der Waals surface area contributed by atoms with E-state index in [2.05, 4.69) is 0 Å². The van der Waals surface area contributed by atoms with E-state index >= 15 is 0 Å². The van der Waals surface area contributed by atoms with Gasteiger partial charge in [-0.05, 0) is 31.0 Å². The summed E-state index contributed by atoms with van der Waals surface area (Å²) in [5, 5.41) is 0. The molecule has 0 N–H and O–H groups in total. The maximum atomic E-state index is 12.5. The van der Waals surface area contributed by atoms with Crippen LogP contribution in [-0.4, -0.2) is 22.2 Å². The van der Waals surface area contributed by atoms with Gasteiger partial charge in [0, 0.05) is 13.6 Å². The van der Waals surface area contributed by atoms with Gasteiger partial charge in [0.2, 0.25) is 5.91 Å². The van der Waals surface area contributed by atoms with Crippen LogP contribution in [0.2, 0.25) is 0 Å². The van der Waals surface area contributed by atoms with E-state index in [0.717, 1.165) is 12.1 Å². The van der Waals surface area contributed by atoms with Crippen molar-refractivity contribution in [3.8, 4) is 0 Å². The highest BCUT2D eigenvalue weighted by Gasteiger charge is 2.68. The van der Waals surface area contributed by atoms with Gasteiger partial charge in [-0.2, -0.15) is 13.2 Å². The van der Waals surface area contributed by atoms with Crippen LogP contribution in [0.1, 0.15) is 24.5 Å². The lowest BCUT2D eigenvalue weighted by molar-refractivity contribution is -0.138. The number of rotatable bonds is 3. The molecule has 116 valence electrons. The molecule has 0 spiro atoms. The smallest absolute Gasteiger partial charge is 0.341 e. The molecule has 0 bridgehead atoms. The van der Waals surface area contributed by atoms with Gasteiger partial charge in [0.1, 0.15) is 4.33 Å². The van der Waals surface area contributed by atoms with Crippen molar-refractivity contribution in [2.75, 3.05) is 7.05 Å².